The summed E-state index contributed by atoms with van der Waals surface area (Å²) in [6.45, 7) is 6.45. The van der Waals surface area contributed by atoms with Gasteiger partial charge in [-0.15, -0.1) is 11.8 Å². The summed E-state index contributed by atoms with van der Waals surface area (Å²) in [7, 11) is 0. The number of amides is 1. The van der Waals surface area contributed by atoms with E-state index < -0.39 is 5.60 Å². The highest BCUT2D eigenvalue weighted by Crippen LogP contribution is 2.38. The molecule has 0 saturated carbocycles. The van der Waals surface area contributed by atoms with E-state index in [0.717, 1.165) is 17.7 Å². The Balaban J connectivity index is 2.21. The molecule has 20 heavy (non-hydrogen) atoms. The zero-order chi connectivity index (χ0) is 14.8. The third kappa shape index (κ3) is 3.55. The number of thioether (sulfide) groups is 1. The first-order chi connectivity index (χ1) is 9.42. The molecule has 0 aromatic heterocycles. The molecule has 0 saturated heterocycles. The fraction of sp³-hybridized carbons (Fsp3) is 0.562. The quantitative estimate of drug-likeness (QED) is 0.928. The SMILES string of the molecule is CCN(CC(C)(C)O)C(=O)C1SCCc2ccccc21. The van der Waals surface area contributed by atoms with Crippen LogP contribution in [0.2, 0.25) is 0 Å². The Bertz CT molecular complexity index is 482. The van der Waals surface area contributed by atoms with Crippen LogP contribution in [0.3, 0.4) is 0 Å². The number of benzene rings is 1. The van der Waals surface area contributed by atoms with Gasteiger partial charge in [0.1, 0.15) is 5.25 Å². The molecule has 3 nitrogen and oxygen atoms in total. The van der Waals surface area contributed by atoms with Crippen LogP contribution in [0, 0.1) is 0 Å². The molecule has 110 valence electrons. The smallest absolute Gasteiger partial charge is 0.240 e. The fourth-order valence-electron chi connectivity index (χ4n) is 2.58. The third-order valence-electron chi connectivity index (χ3n) is 3.49. The molecule has 0 fully saturated rings. The number of rotatable bonds is 4. The van der Waals surface area contributed by atoms with Gasteiger partial charge in [0.25, 0.3) is 0 Å². The predicted octanol–water partition coefficient (Wildman–Crippen LogP) is 2.64. The second-order valence-corrected chi connectivity index (χ2v) is 7.08. The van der Waals surface area contributed by atoms with E-state index in [9.17, 15) is 9.90 Å². The number of aliphatic hydroxyl groups is 1. The van der Waals surface area contributed by atoms with Gasteiger partial charge >= 0.3 is 0 Å². The van der Waals surface area contributed by atoms with Crippen LogP contribution in [0.4, 0.5) is 0 Å². The van der Waals surface area contributed by atoms with Crippen molar-refractivity contribution in [2.45, 2.75) is 38.0 Å². The van der Waals surface area contributed by atoms with Crippen molar-refractivity contribution in [1.29, 1.82) is 0 Å². The van der Waals surface area contributed by atoms with Crippen molar-refractivity contribution in [3.05, 3.63) is 35.4 Å². The van der Waals surface area contributed by atoms with Gasteiger partial charge in [-0.05, 0) is 44.1 Å². The first-order valence-electron chi connectivity index (χ1n) is 7.13. The molecule has 0 bridgehead atoms. The standard InChI is InChI=1S/C16H23NO2S/c1-4-17(11-16(2,3)19)15(18)14-13-8-6-5-7-12(13)9-10-20-14/h5-8,14,19H,4,9-11H2,1-3H3. The summed E-state index contributed by atoms with van der Waals surface area (Å²) in [5.41, 5.74) is 1.57. The molecule has 1 unspecified atom stereocenters. The minimum atomic E-state index is -0.857. The molecule has 1 N–H and O–H groups in total. The Morgan fingerprint density at radius 1 is 1.45 bits per heavy atom. The molecule has 0 radical (unpaired) electrons. The van der Waals surface area contributed by atoms with Crippen LogP contribution in [0.25, 0.3) is 0 Å². The van der Waals surface area contributed by atoms with E-state index in [1.807, 2.05) is 19.1 Å². The zero-order valence-corrected chi connectivity index (χ0v) is 13.2. The van der Waals surface area contributed by atoms with Crippen molar-refractivity contribution in [2.75, 3.05) is 18.8 Å². The number of hydrogen-bond donors (Lipinski definition) is 1. The lowest BCUT2D eigenvalue weighted by molar-refractivity contribution is -0.133. The highest BCUT2D eigenvalue weighted by molar-refractivity contribution is 8.00. The van der Waals surface area contributed by atoms with Crippen LogP contribution in [-0.2, 0) is 11.2 Å². The largest absolute Gasteiger partial charge is 0.389 e. The summed E-state index contributed by atoms with van der Waals surface area (Å²) in [6, 6.07) is 8.20. The molecule has 1 aromatic rings. The van der Waals surface area contributed by atoms with Gasteiger partial charge in [-0.1, -0.05) is 24.3 Å². The van der Waals surface area contributed by atoms with Gasteiger partial charge in [0.05, 0.1) is 5.60 Å². The van der Waals surface area contributed by atoms with Crippen molar-refractivity contribution in [3.63, 3.8) is 0 Å². The Morgan fingerprint density at radius 2 is 2.15 bits per heavy atom. The minimum Gasteiger partial charge on any atom is -0.389 e. The number of aryl methyl sites for hydroxylation is 1. The van der Waals surface area contributed by atoms with Crippen LogP contribution in [0.15, 0.2) is 24.3 Å². The summed E-state index contributed by atoms with van der Waals surface area (Å²) < 4.78 is 0. The average molecular weight is 293 g/mol. The topological polar surface area (TPSA) is 40.5 Å². The normalized spacial score (nSPS) is 18.5. The van der Waals surface area contributed by atoms with Gasteiger partial charge in [0, 0.05) is 13.1 Å². The minimum absolute atomic E-state index is 0.117. The highest BCUT2D eigenvalue weighted by Gasteiger charge is 2.31. The molecule has 1 heterocycles. The Labute approximate surface area is 125 Å². The van der Waals surface area contributed by atoms with Crippen LogP contribution in [0.5, 0.6) is 0 Å². The first-order valence-corrected chi connectivity index (χ1v) is 8.18. The highest BCUT2D eigenvalue weighted by atomic mass is 32.2. The Morgan fingerprint density at radius 3 is 2.80 bits per heavy atom. The van der Waals surface area contributed by atoms with Crippen molar-refractivity contribution in [3.8, 4) is 0 Å². The van der Waals surface area contributed by atoms with Gasteiger partial charge in [-0.3, -0.25) is 4.79 Å². The number of carbonyl (C=O) groups is 1. The Hall–Kier alpha value is -1.00. The van der Waals surface area contributed by atoms with Crippen molar-refractivity contribution < 1.29 is 9.90 Å². The summed E-state index contributed by atoms with van der Waals surface area (Å²) in [5.74, 6) is 1.10. The van der Waals surface area contributed by atoms with Crippen molar-refractivity contribution in [2.24, 2.45) is 0 Å². The summed E-state index contributed by atoms with van der Waals surface area (Å²) >= 11 is 1.71. The Kier molecular flexibility index (Phi) is 4.76. The molecule has 1 aromatic carbocycles. The van der Waals surface area contributed by atoms with Crippen LogP contribution < -0.4 is 0 Å². The van der Waals surface area contributed by atoms with E-state index in [1.54, 1.807) is 30.5 Å². The monoisotopic (exact) mass is 293 g/mol. The van der Waals surface area contributed by atoms with Gasteiger partial charge < -0.3 is 10.0 Å². The molecular weight excluding hydrogens is 270 g/mol. The van der Waals surface area contributed by atoms with E-state index in [1.165, 1.54) is 5.56 Å². The number of hydrogen-bond acceptors (Lipinski definition) is 3. The maximum Gasteiger partial charge on any atom is 0.240 e. The molecule has 1 amide bonds. The summed E-state index contributed by atoms with van der Waals surface area (Å²) in [6.07, 6.45) is 1.03. The van der Waals surface area contributed by atoms with E-state index in [2.05, 4.69) is 12.1 Å². The average Bonchev–Trinajstić information content (AvgIpc) is 2.42. The molecule has 1 aliphatic rings. The van der Waals surface area contributed by atoms with Crippen LogP contribution >= 0.6 is 11.8 Å². The van der Waals surface area contributed by atoms with Gasteiger partial charge in [0.15, 0.2) is 0 Å². The number of nitrogens with zero attached hydrogens (tertiary/aromatic N) is 1. The lowest BCUT2D eigenvalue weighted by atomic mass is 10.0. The van der Waals surface area contributed by atoms with Gasteiger partial charge in [-0.2, -0.15) is 0 Å². The predicted molar refractivity (Wildman–Crippen MR) is 83.9 cm³/mol. The molecule has 0 aliphatic carbocycles. The number of carbonyl (C=O) groups excluding carboxylic acids is 1. The number of likely N-dealkylation sites (N-methyl/N-ethyl adjacent to an activating group) is 1. The molecule has 4 heteroatoms. The maximum atomic E-state index is 12.8. The van der Waals surface area contributed by atoms with Crippen LogP contribution in [-0.4, -0.2) is 40.4 Å². The van der Waals surface area contributed by atoms with Crippen LogP contribution in [0.1, 0.15) is 37.1 Å². The molecular formula is C16H23NO2S. The second kappa shape index (κ2) is 6.19. The molecule has 1 aliphatic heterocycles. The molecule has 2 rings (SSSR count). The van der Waals surface area contributed by atoms with E-state index >= 15 is 0 Å². The summed E-state index contributed by atoms with van der Waals surface area (Å²) in [5, 5.41) is 9.84. The number of fused-ring (bicyclic) bond motifs is 1. The van der Waals surface area contributed by atoms with Gasteiger partial charge in [-0.25, -0.2) is 0 Å². The second-order valence-electron chi connectivity index (χ2n) is 5.86. The summed E-state index contributed by atoms with van der Waals surface area (Å²) in [4.78, 5) is 14.5. The fourth-order valence-corrected chi connectivity index (χ4v) is 3.85. The first kappa shape index (κ1) is 15.4. The van der Waals surface area contributed by atoms with Crippen molar-refractivity contribution >= 4 is 17.7 Å². The third-order valence-corrected chi connectivity index (χ3v) is 4.72. The van der Waals surface area contributed by atoms with E-state index in [0.29, 0.717) is 13.1 Å². The molecule has 0 spiro atoms. The lowest BCUT2D eigenvalue weighted by Gasteiger charge is -2.33. The maximum absolute atomic E-state index is 12.8. The van der Waals surface area contributed by atoms with Gasteiger partial charge in [0.2, 0.25) is 5.91 Å². The van der Waals surface area contributed by atoms with E-state index in [4.69, 9.17) is 0 Å². The molecule has 1 atom stereocenters. The lowest BCUT2D eigenvalue weighted by Crippen LogP contribution is -2.44. The van der Waals surface area contributed by atoms with Crippen molar-refractivity contribution in [1.82, 2.24) is 4.90 Å². The zero-order valence-electron chi connectivity index (χ0n) is 12.4. The van der Waals surface area contributed by atoms with E-state index in [-0.39, 0.29) is 11.2 Å².